The molecule has 35 heavy (non-hydrogen) atoms. The molecule has 3 aromatic rings. The Hall–Kier alpha value is -2.83. The molecule has 2 unspecified atom stereocenters. The van der Waals surface area contributed by atoms with E-state index in [4.69, 9.17) is 11.6 Å². The van der Waals surface area contributed by atoms with Crippen LogP contribution in [0.4, 0.5) is 5.69 Å². The van der Waals surface area contributed by atoms with E-state index in [1.807, 2.05) is 75.4 Å². The van der Waals surface area contributed by atoms with Crippen LogP contribution in [0.5, 0.6) is 0 Å². The van der Waals surface area contributed by atoms with Crippen LogP contribution < -0.4 is 10.2 Å². The number of halogens is 1. The summed E-state index contributed by atoms with van der Waals surface area (Å²) in [7, 11) is 4.10. The number of anilines is 1. The van der Waals surface area contributed by atoms with Gasteiger partial charge in [0.15, 0.2) is 0 Å². The van der Waals surface area contributed by atoms with Crippen molar-refractivity contribution in [2.45, 2.75) is 45.1 Å². The molecule has 0 saturated carbocycles. The highest BCUT2D eigenvalue weighted by Crippen LogP contribution is 2.35. The number of amides is 2. The van der Waals surface area contributed by atoms with Crippen molar-refractivity contribution >= 4 is 40.0 Å². The van der Waals surface area contributed by atoms with Crippen molar-refractivity contribution in [3.8, 4) is 0 Å². The fraction of sp³-hybridized carbons (Fsp3) is 0.429. The smallest absolute Gasteiger partial charge is 0.250 e. The summed E-state index contributed by atoms with van der Waals surface area (Å²) in [4.78, 5) is 34.3. The summed E-state index contributed by atoms with van der Waals surface area (Å²) in [5.74, 6) is -0.130. The monoisotopic (exact) mass is 494 g/mol. The number of rotatable bonds is 8. The third-order valence-corrected chi connectivity index (χ3v) is 7.08. The topological polar surface area (TPSA) is 68.4 Å². The second kappa shape index (κ2) is 10.8. The van der Waals surface area contributed by atoms with E-state index in [1.165, 1.54) is 0 Å². The van der Waals surface area contributed by atoms with Gasteiger partial charge in [-0.15, -0.1) is 0 Å². The van der Waals surface area contributed by atoms with E-state index in [9.17, 15) is 9.59 Å². The lowest BCUT2D eigenvalue weighted by molar-refractivity contribution is -0.128. The van der Waals surface area contributed by atoms with Gasteiger partial charge in [-0.1, -0.05) is 43.6 Å². The van der Waals surface area contributed by atoms with E-state index in [0.717, 1.165) is 47.1 Å². The van der Waals surface area contributed by atoms with Crippen LogP contribution >= 0.6 is 11.6 Å². The molecule has 186 valence electrons. The molecule has 2 heterocycles. The van der Waals surface area contributed by atoms with Crippen molar-refractivity contribution in [3.05, 3.63) is 64.8 Å². The molecule has 2 amide bonds. The first-order chi connectivity index (χ1) is 16.8. The van der Waals surface area contributed by atoms with E-state index >= 15 is 0 Å². The lowest BCUT2D eigenvalue weighted by Crippen LogP contribution is -2.54. The molecule has 0 bridgehead atoms. The third-order valence-electron chi connectivity index (χ3n) is 6.84. The maximum absolute atomic E-state index is 14.2. The van der Waals surface area contributed by atoms with Crippen LogP contribution in [-0.4, -0.2) is 54.9 Å². The van der Waals surface area contributed by atoms with Crippen LogP contribution in [0, 0.1) is 5.92 Å². The number of nitrogens with one attached hydrogen (secondary N) is 2. The molecule has 2 N–H and O–H groups in total. The van der Waals surface area contributed by atoms with Gasteiger partial charge < -0.3 is 20.1 Å². The third kappa shape index (κ3) is 5.54. The Bertz CT molecular complexity index is 1200. The van der Waals surface area contributed by atoms with Gasteiger partial charge in [0, 0.05) is 53.2 Å². The first-order valence-corrected chi connectivity index (χ1v) is 12.8. The number of hydrogen-bond acceptors (Lipinski definition) is 3. The lowest BCUT2D eigenvalue weighted by atomic mass is 9.88. The number of carbonyl (C=O) groups excluding carboxylic acids is 2. The quantitative estimate of drug-likeness (QED) is 0.464. The molecule has 3 atom stereocenters. The van der Waals surface area contributed by atoms with Crippen LogP contribution in [0.15, 0.2) is 48.7 Å². The summed E-state index contributed by atoms with van der Waals surface area (Å²) in [5.41, 5.74) is 4.00. The Labute approximate surface area is 212 Å². The number of fused-ring (bicyclic) bond motifs is 2. The molecule has 1 aliphatic heterocycles. The minimum atomic E-state index is -0.685. The molecule has 1 aromatic heterocycles. The minimum absolute atomic E-state index is 0.0840. The predicted molar refractivity (Wildman–Crippen MR) is 143 cm³/mol. The van der Waals surface area contributed by atoms with Crippen molar-refractivity contribution in [2.24, 2.45) is 5.92 Å². The number of hydrogen-bond donors (Lipinski definition) is 2. The number of aromatic nitrogens is 1. The zero-order valence-electron chi connectivity index (χ0n) is 21.0. The van der Waals surface area contributed by atoms with Gasteiger partial charge >= 0.3 is 0 Å². The van der Waals surface area contributed by atoms with Gasteiger partial charge in [-0.2, -0.15) is 0 Å². The summed E-state index contributed by atoms with van der Waals surface area (Å²) in [5, 5.41) is 4.82. The lowest BCUT2D eigenvalue weighted by Gasteiger charge is -2.38. The maximum Gasteiger partial charge on any atom is 0.250 e. The van der Waals surface area contributed by atoms with Crippen LogP contribution in [0.25, 0.3) is 10.9 Å². The van der Waals surface area contributed by atoms with Crippen molar-refractivity contribution in [3.63, 3.8) is 0 Å². The highest BCUT2D eigenvalue weighted by atomic mass is 35.5. The van der Waals surface area contributed by atoms with Gasteiger partial charge in [-0.05, 0) is 68.2 Å². The summed E-state index contributed by atoms with van der Waals surface area (Å²) in [6.45, 7) is 5.46. The van der Waals surface area contributed by atoms with Gasteiger partial charge in [0.2, 0.25) is 11.8 Å². The Morgan fingerprint density at radius 1 is 1.23 bits per heavy atom. The first kappa shape index (κ1) is 25.3. The maximum atomic E-state index is 14.2. The molecule has 0 fully saturated rings. The predicted octanol–water partition coefficient (Wildman–Crippen LogP) is 4.98. The second-order valence-electron chi connectivity index (χ2n) is 9.93. The Balaban J connectivity index is 1.72. The second-order valence-corrected chi connectivity index (χ2v) is 10.4. The summed E-state index contributed by atoms with van der Waals surface area (Å²) in [6, 6.07) is 13.1. The van der Waals surface area contributed by atoms with Crippen molar-refractivity contribution in [1.82, 2.24) is 15.2 Å². The number of aromatic amines is 1. The van der Waals surface area contributed by atoms with Crippen LogP contribution in [-0.2, 0) is 16.0 Å². The van der Waals surface area contributed by atoms with Crippen molar-refractivity contribution in [2.75, 3.05) is 32.1 Å². The summed E-state index contributed by atoms with van der Waals surface area (Å²) in [6.07, 6.45) is 3.94. The zero-order chi connectivity index (χ0) is 25.1. The largest absolute Gasteiger partial charge is 0.361 e. The van der Waals surface area contributed by atoms with E-state index in [-0.39, 0.29) is 23.7 Å². The number of carbonyl (C=O) groups is 2. The number of para-hydroxylation sites is 1. The van der Waals surface area contributed by atoms with Crippen LogP contribution in [0.3, 0.4) is 0 Å². The Morgan fingerprint density at radius 2 is 2.00 bits per heavy atom. The first-order valence-electron chi connectivity index (χ1n) is 12.4. The van der Waals surface area contributed by atoms with Crippen molar-refractivity contribution in [1.29, 1.82) is 0 Å². The van der Waals surface area contributed by atoms with Crippen molar-refractivity contribution < 1.29 is 9.59 Å². The standard InChI is InChI=1S/C28H35ClN4O2/c1-5-8-26(34)31-27(18(2)23-15-30-24-10-7-6-9-22(23)24)28(35)33-17-19(16-32(3)4)13-20-14-21(29)11-12-25(20)33/h6-7,9-12,14-15,18-19,27,30H,5,8,13,16-17H2,1-4H3,(H,31,34)/t18?,19-,27?/m1/s1. The van der Waals surface area contributed by atoms with E-state index < -0.39 is 6.04 Å². The van der Waals surface area contributed by atoms with E-state index in [2.05, 4.69) is 21.3 Å². The molecular formula is C28H35ClN4O2. The summed E-state index contributed by atoms with van der Waals surface area (Å²) < 4.78 is 0. The van der Waals surface area contributed by atoms with Gasteiger partial charge in [-0.25, -0.2) is 0 Å². The fourth-order valence-corrected chi connectivity index (χ4v) is 5.45. The van der Waals surface area contributed by atoms with Crippen LogP contribution in [0.1, 0.15) is 43.7 Å². The number of nitrogens with zero attached hydrogens (tertiary/aromatic N) is 2. The van der Waals surface area contributed by atoms with Gasteiger partial charge in [-0.3, -0.25) is 9.59 Å². The minimum Gasteiger partial charge on any atom is -0.361 e. The molecule has 7 heteroatoms. The molecule has 1 aliphatic rings. The molecule has 4 rings (SSSR count). The average molecular weight is 495 g/mol. The van der Waals surface area contributed by atoms with E-state index in [0.29, 0.717) is 18.0 Å². The van der Waals surface area contributed by atoms with Crippen LogP contribution in [0.2, 0.25) is 5.02 Å². The average Bonchev–Trinajstić information content (AvgIpc) is 3.25. The fourth-order valence-electron chi connectivity index (χ4n) is 5.25. The summed E-state index contributed by atoms with van der Waals surface area (Å²) >= 11 is 6.32. The molecule has 0 aliphatic carbocycles. The molecular weight excluding hydrogens is 460 g/mol. The molecule has 0 radical (unpaired) electrons. The van der Waals surface area contributed by atoms with Gasteiger partial charge in [0.05, 0.1) is 0 Å². The molecule has 6 nitrogen and oxygen atoms in total. The molecule has 0 saturated heterocycles. The normalized spacial score (nSPS) is 17.3. The van der Waals surface area contributed by atoms with E-state index in [1.54, 1.807) is 0 Å². The Morgan fingerprint density at radius 3 is 2.74 bits per heavy atom. The van der Waals surface area contributed by atoms with Gasteiger partial charge in [0.25, 0.3) is 0 Å². The SMILES string of the molecule is CCCC(=O)NC(C(=O)N1C[C@@H](CN(C)C)Cc2cc(Cl)ccc21)C(C)c1c[nH]c2ccccc12. The van der Waals surface area contributed by atoms with Gasteiger partial charge in [0.1, 0.15) is 6.04 Å². The highest BCUT2D eigenvalue weighted by molar-refractivity contribution is 6.30. The molecule has 2 aromatic carbocycles. The molecule has 0 spiro atoms. The number of H-pyrrole nitrogens is 1. The zero-order valence-corrected chi connectivity index (χ0v) is 21.7. The Kier molecular flexibility index (Phi) is 7.82. The highest BCUT2D eigenvalue weighted by Gasteiger charge is 2.37. The number of benzene rings is 2.